The van der Waals surface area contributed by atoms with Crippen molar-refractivity contribution in [3.05, 3.63) is 22.7 Å². The van der Waals surface area contributed by atoms with Gasteiger partial charge in [0, 0.05) is 17.6 Å². The molecule has 1 rings (SSSR count). The highest BCUT2D eigenvalue weighted by Gasteiger charge is 2.15. The van der Waals surface area contributed by atoms with Crippen LogP contribution in [-0.4, -0.2) is 14.3 Å². The third-order valence-electron chi connectivity index (χ3n) is 1.84. The van der Waals surface area contributed by atoms with Crippen LogP contribution >= 0.6 is 22.3 Å². The minimum absolute atomic E-state index is 0.0919. The molecule has 0 heterocycles. The Morgan fingerprint density at radius 1 is 1.38 bits per heavy atom. The third-order valence-corrected chi connectivity index (χ3v) is 3.47. The van der Waals surface area contributed by atoms with Gasteiger partial charge in [-0.1, -0.05) is 11.6 Å². The number of aryl methyl sites for hydroxylation is 1. The first-order valence-corrected chi connectivity index (χ1v) is 6.93. The lowest BCUT2D eigenvalue weighted by molar-refractivity contribution is -0.114. The van der Waals surface area contributed by atoms with Crippen LogP contribution in [0.4, 0.5) is 5.69 Å². The molecule has 88 valence electrons. The standard InChI is InChI=1S/C9H9Cl2NO3S/c1-5-3-7(16(11,14)15)4-8(10)9(5)12-6(2)13/h3-4H,1-2H3,(H,12,13). The van der Waals surface area contributed by atoms with Crippen LogP contribution in [0.5, 0.6) is 0 Å². The van der Waals surface area contributed by atoms with Crippen LogP contribution in [0.2, 0.25) is 5.02 Å². The summed E-state index contributed by atoms with van der Waals surface area (Å²) < 4.78 is 22.2. The molecule has 0 radical (unpaired) electrons. The molecule has 1 aromatic carbocycles. The van der Waals surface area contributed by atoms with Gasteiger partial charge < -0.3 is 5.32 Å². The maximum absolute atomic E-state index is 11.1. The Morgan fingerprint density at radius 2 is 1.94 bits per heavy atom. The second kappa shape index (κ2) is 4.61. The first kappa shape index (κ1) is 13.3. The highest BCUT2D eigenvalue weighted by atomic mass is 35.7. The molecule has 4 nitrogen and oxygen atoms in total. The molecular formula is C9H9Cl2NO3S. The van der Waals surface area contributed by atoms with E-state index in [1.807, 2.05) is 0 Å². The minimum atomic E-state index is -3.82. The van der Waals surface area contributed by atoms with E-state index >= 15 is 0 Å². The predicted molar refractivity (Wildman–Crippen MR) is 63.5 cm³/mol. The fourth-order valence-electron chi connectivity index (χ4n) is 1.19. The second-order valence-corrected chi connectivity index (χ2v) is 6.19. The lowest BCUT2D eigenvalue weighted by Crippen LogP contribution is -2.08. The first-order chi connectivity index (χ1) is 7.21. The highest BCUT2D eigenvalue weighted by molar-refractivity contribution is 8.13. The summed E-state index contributed by atoms with van der Waals surface area (Å²) in [6.07, 6.45) is 0. The van der Waals surface area contributed by atoms with Gasteiger partial charge in [-0.2, -0.15) is 0 Å². The molecule has 0 spiro atoms. The van der Waals surface area contributed by atoms with Gasteiger partial charge in [-0.05, 0) is 24.6 Å². The Kier molecular flexibility index (Phi) is 3.83. The normalized spacial score (nSPS) is 11.2. The van der Waals surface area contributed by atoms with Gasteiger partial charge in [-0.15, -0.1) is 0 Å². The van der Waals surface area contributed by atoms with Crippen molar-refractivity contribution in [2.45, 2.75) is 18.7 Å². The summed E-state index contributed by atoms with van der Waals surface area (Å²) in [5.74, 6) is -0.286. The molecule has 0 fully saturated rings. The molecule has 1 N–H and O–H groups in total. The Labute approximate surface area is 103 Å². The largest absolute Gasteiger partial charge is 0.325 e. The summed E-state index contributed by atoms with van der Waals surface area (Å²) in [4.78, 5) is 10.8. The quantitative estimate of drug-likeness (QED) is 0.848. The first-order valence-electron chi connectivity index (χ1n) is 4.24. The average Bonchev–Trinajstić information content (AvgIpc) is 2.09. The van der Waals surface area contributed by atoms with Gasteiger partial charge in [0.15, 0.2) is 0 Å². The van der Waals surface area contributed by atoms with Crippen LogP contribution < -0.4 is 5.32 Å². The minimum Gasteiger partial charge on any atom is -0.325 e. The third kappa shape index (κ3) is 3.10. The summed E-state index contributed by atoms with van der Waals surface area (Å²) in [6.45, 7) is 2.96. The van der Waals surface area contributed by atoms with E-state index in [4.69, 9.17) is 22.3 Å². The van der Waals surface area contributed by atoms with Crippen molar-refractivity contribution in [1.82, 2.24) is 0 Å². The fourth-order valence-corrected chi connectivity index (χ4v) is 2.41. The molecule has 1 aromatic rings. The van der Waals surface area contributed by atoms with Gasteiger partial charge in [-0.3, -0.25) is 4.79 Å². The Hall–Kier alpha value is -0.780. The van der Waals surface area contributed by atoms with Crippen molar-refractivity contribution >= 4 is 42.9 Å². The van der Waals surface area contributed by atoms with E-state index in [0.29, 0.717) is 11.3 Å². The number of benzene rings is 1. The number of halogens is 2. The van der Waals surface area contributed by atoms with E-state index in [9.17, 15) is 13.2 Å². The van der Waals surface area contributed by atoms with Crippen LogP contribution in [-0.2, 0) is 13.8 Å². The molecule has 1 amide bonds. The van der Waals surface area contributed by atoms with E-state index < -0.39 is 9.05 Å². The number of nitrogens with one attached hydrogen (secondary N) is 1. The van der Waals surface area contributed by atoms with Gasteiger partial charge in [0.05, 0.1) is 15.6 Å². The molecule has 0 atom stereocenters. The molecule has 0 unspecified atom stereocenters. The zero-order valence-corrected chi connectivity index (χ0v) is 10.9. The number of rotatable bonds is 2. The Bertz CT molecular complexity index is 517. The zero-order valence-electron chi connectivity index (χ0n) is 8.54. The SMILES string of the molecule is CC(=O)Nc1c(C)cc(S(=O)(=O)Cl)cc1Cl. The molecule has 7 heteroatoms. The lowest BCUT2D eigenvalue weighted by Gasteiger charge is -2.10. The zero-order chi connectivity index (χ0) is 12.5. The van der Waals surface area contributed by atoms with Crippen molar-refractivity contribution < 1.29 is 13.2 Å². The molecular weight excluding hydrogens is 273 g/mol. The molecule has 0 aliphatic carbocycles. The number of hydrogen-bond acceptors (Lipinski definition) is 3. The molecule has 0 saturated carbocycles. The summed E-state index contributed by atoms with van der Waals surface area (Å²) >= 11 is 5.85. The number of anilines is 1. The molecule has 0 saturated heterocycles. The van der Waals surface area contributed by atoms with E-state index in [-0.39, 0.29) is 15.8 Å². The van der Waals surface area contributed by atoms with Crippen LogP contribution in [0, 0.1) is 6.92 Å². The monoisotopic (exact) mass is 281 g/mol. The summed E-state index contributed by atoms with van der Waals surface area (Å²) in [5, 5.41) is 2.64. The van der Waals surface area contributed by atoms with Gasteiger partial charge in [-0.25, -0.2) is 8.42 Å². The van der Waals surface area contributed by atoms with E-state index in [2.05, 4.69) is 5.32 Å². The lowest BCUT2D eigenvalue weighted by atomic mass is 10.2. The Balaban J connectivity index is 3.34. The van der Waals surface area contributed by atoms with Crippen molar-refractivity contribution in [1.29, 1.82) is 0 Å². The predicted octanol–water partition coefficient (Wildman–Crippen LogP) is 2.53. The van der Waals surface area contributed by atoms with Gasteiger partial charge in [0.2, 0.25) is 5.91 Å². The molecule has 16 heavy (non-hydrogen) atoms. The summed E-state index contributed by atoms with van der Waals surface area (Å²) in [7, 11) is 1.37. The smallest absolute Gasteiger partial charge is 0.261 e. The van der Waals surface area contributed by atoms with E-state index in [1.54, 1.807) is 6.92 Å². The van der Waals surface area contributed by atoms with Gasteiger partial charge >= 0.3 is 0 Å². The van der Waals surface area contributed by atoms with Crippen molar-refractivity contribution in [2.75, 3.05) is 5.32 Å². The van der Waals surface area contributed by atoms with Crippen LogP contribution in [0.3, 0.4) is 0 Å². The van der Waals surface area contributed by atoms with Crippen molar-refractivity contribution in [3.8, 4) is 0 Å². The molecule has 0 bridgehead atoms. The van der Waals surface area contributed by atoms with E-state index in [0.717, 1.165) is 0 Å². The van der Waals surface area contributed by atoms with E-state index in [1.165, 1.54) is 19.1 Å². The fraction of sp³-hybridized carbons (Fsp3) is 0.222. The summed E-state index contributed by atoms with van der Waals surface area (Å²) in [5.41, 5.74) is 0.917. The maximum atomic E-state index is 11.1. The number of hydrogen-bond donors (Lipinski definition) is 1. The number of carbonyl (C=O) groups is 1. The highest BCUT2D eigenvalue weighted by Crippen LogP contribution is 2.30. The van der Waals surface area contributed by atoms with Crippen LogP contribution in [0.15, 0.2) is 17.0 Å². The number of amides is 1. The van der Waals surface area contributed by atoms with Crippen molar-refractivity contribution in [2.24, 2.45) is 0 Å². The van der Waals surface area contributed by atoms with Gasteiger partial charge in [0.25, 0.3) is 9.05 Å². The topological polar surface area (TPSA) is 63.2 Å². The van der Waals surface area contributed by atoms with Crippen molar-refractivity contribution in [3.63, 3.8) is 0 Å². The van der Waals surface area contributed by atoms with Gasteiger partial charge in [0.1, 0.15) is 0 Å². The molecule has 0 aromatic heterocycles. The number of carbonyl (C=O) groups excluding carboxylic acids is 1. The molecule has 0 aliphatic heterocycles. The summed E-state index contributed by atoms with van der Waals surface area (Å²) in [6, 6.07) is 2.54. The second-order valence-electron chi connectivity index (χ2n) is 3.22. The average molecular weight is 282 g/mol. The maximum Gasteiger partial charge on any atom is 0.261 e. The van der Waals surface area contributed by atoms with Crippen LogP contribution in [0.1, 0.15) is 12.5 Å². The Morgan fingerprint density at radius 3 is 2.31 bits per heavy atom. The van der Waals surface area contributed by atoms with Crippen LogP contribution in [0.25, 0.3) is 0 Å². The molecule has 0 aliphatic rings.